The molecule has 0 saturated heterocycles. The number of rotatable bonds is 6. The van der Waals surface area contributed by atoms with Crippen molar-refractivity contribution >= 4 is 28.8 Å². The Morgan fingerprint density at radius 2 is 1.89 bits per heavy atom. The van der Waals surface area contributed by atoms with Gasteiger partial charge in [-0.15, -0.1) is 11.3 Å². The number of amides is 2. The number of fused-ring (bicyclic) bond motifs is 1. The molecular weight excluding hydrogens is 458 g/mol. The van der Waals surface area contributed by atoms with Gasteiger partial charge in [-0.3, -0.25) is 14.5 Å². The molecule has 2 amide bonds. The second-order valence-electron chi connectivity index (χ2n) is 9.32. The van der Waals surface area contributed by atoms with Crippen LogP contribution in [0.1, 0.15) is 45.4 Å². The summed E-state index contributed by atoms with van der Waals surface area (Å²) in [4.78, 5) is 34.8. The average molecular weight is 490 g/mol. The maximum atomic E-state index is 13.3. The lowest BCUT2D eigenvalue weighted by Crippen LogP contribution is -2.51. The van der Waals surface area contributed by atoms with Crippen LogP contribution in [0.4, 0.5) is 5.69 Å². The molecule has 7 heteroatoms. The number of benzene rings is 2. The molecule has 6 nitrogen and oxygen atoms in total. The lowest BCUT2D eigenvalue weighted by molar-refractivity contribution is -0.134. The van der Waals surface area contributed by atoms with Crippen LogP contribution in [0, 0.1) is 0 Å². The van der Waals surface area contributed by atoms with Gasteiger partial charge in [0.2, 0.25) is 5.91 Å². The van der Waals surface area contributed by atoms with E-state index in [1.807, 2.05) is 72.8 Å². The molecule has 182 valence electrons. The van der Waals surface area contributed by atoms with E-state index in [9.17, 15) is 9.59 Å². The van der Waals surface area contributed by atoms with E-state index in [1.165, 1.54) is 6.42 Å². The van der Waals surface area contributed by atoms with Gasteiger partial charge in [0.1, 0.15) is 17.3 Å². The lowest BCUT2D eigenvalue weighted by Gasteiger charge is -2.36. The second kappa shape index (κ2) is 10.2. The summed E-state index contributed by atoms with van der Waals surface area (Å²) in [5.74, 6) is 0.441. The molecule has 1 atom stereocenters. The Morgan fingerprint density at radius 3 is 2.63 bits per heavy atom. The highest BCUT2D eigenvalue weighted by Crippen LogP contribution is 2.39. The third-order valence-electron chi connectivity index (χ3n) is 7.06. The Kier molecular flexibility index (Phi) is 6.86. The molecule has 1 aliphatic carbocycles. The summed E-state index contributed by atoms with van der Waals surface area (Å²) in [5.41, 5.74) is 3.44. The normalized spacial score (nSPS) is 18.2. The molecule has 2 heterocycles. The smallest absolute Gasteiger partial charge is 0.268 e. The third-order valence-corrected chi connectivity index (χ3v) is 7.95. The molecule has 0 radical (unpaired) electrons. The van der Waals surface area contributed by atoms with Crippen LogP contribution < -0.4 is 9.64 Å². The van der Waals surface area contributed by atoms with Crippen LogP contribution in [0.2, 0.25) is 0 Å². The molecule has 2 aliphatic rings. The Hall–Kier alpha value is -3.19. The summed E-state index contributed by atoms with van der Waals surface area (Å²) >= 11 is 1.59. The molecule has 35 heavy (non-hydrogen) atoms. The summed E-state index contributed by atoms with van der Waals surface area (Å²) in [6, 6.07) is 16.1. The van der Waals surface area contributed by atoms with E-state index in [0.717, 1.165) is 47.5 Å². The largest absolute Gasteiger partial charge is 0.478 e. The highest BCUT2D eigenvalue weighted by molar-refractivity contribution is 7.13. The first-order chi connectivity index (χ1) is 17.0. The minimum atomic E-state index is -0.579. The van der Waals surface area contributed by atoms with Gasteiger partial charge in [-0.2, -0.15) is 0 Å². The number of ether oxygens (including phenoxy) is 1. The maximum absolute atomic E-state index is 13.3. The van der Waals surface area contributed by atoms with Crippen molar-refractivity contribution in [2.45, 2.75) is 57.6 Å². The van der Waals surface area contributed by atoms with Crippen molar-refractivity contribution in [2.24, 2.45) is 0 Å². The van der Waals surface area contributed by atoms with E-state index in [2.05, 4.69) is 0 Å². The number of hydrogen-bond acceptors (Lipinski definition) is 5. The van der Waals surface area contributed by atoms with Crippen molar-refractivity contribution in [1.82, 2.24) is 9.88 Å². The fraction of sp³-hybridized carbons (Fsp3) is 0.393. The fourth-order valence-electron chi connectivity index (χ4n) is 4.94. The molecule has 1 aromatic heterocycles. The zero-order chi connectivity index (χ0) is 24.4. The van der Waals surface area contributed by atoms with E-state index in [1.54, 1.807) is 16.2 Å². The molecule has 1 aliphatic heterocycles. The van der Waals surface area contributed by atoms with E-state index in [4.69, 9.17) is 9.72 Å². The van der Waals surface area contributed by atoms with Crippen molar-refractivity contribution in [3.63, 3.8) is 0 Å². The van der Waals surface area contributed by atoms with E-state index in [-0.39, 0.29) is 24.4 Å². The second-order valence-corrected chi connectivity index (χ2v) is 10.2. The van der Waals surface area contributed by atoms with Gasteiger partial charge in [0.05, 0.1) is 11.4 Å². The highest BCUT2D eigenvalue weighted by Gasteiger charge is 2.36. The molecule has 0 N–H and O–H groups in total. The van der Waals surface area contributed by atoms with Crippen molar-refractivity contribution in [3.8, 4) is 27.6 Å². The van der Waals surface area contributed by atoms with Gasteiger partial charge in [0.15, 0.2) is 6.10 Å². The minimum Gasteiger partial charge on any atom is -0.478 e. The topological polar surface area (TPSA) is 62.7 Å². The predicted molar refractivity (Wildman–Crippen MR) is 140 cm³/mol. The van der Waals surface area contributed by atoms with Gasteiger partial charge in [0, 0.05) is 29.6 Å². The number of aromatic nitrogens is 1. The van der Waals surface area contributed by atoms with Crippen LogP contribution in [0.15, 0.2) is 53.9 Å². The van der Waals surface area contributed by atoms with Gasteiger partial charge >= 0.3 is 0 Å². The van der Waals surface area contributed by atoms with Gasteiger partial charge in [-0.1, -0.05) is 56.5 Å². The van der Waals surface area contributed by atoms with Gasteiger partial charge in [-0.25, -0.2) is 4.98 Å². The van der Waals surface area contributed by atoms with Crippen LogP contribution in [-0.4, -0.2) is 47.4 Å². The molecule has 0 bridgehead atoms. The van der Waals surface area contributed by atoms with E-state index < -0.39 is 6.10 Å². The number of carbonyl (C=O) groups is 2. The standard InChI is InChI=1S/C28H31N3O3S/c1-3-24-28(33)31(17-26(32)30(2)21-12-8-5-9-13-21)23-16-20(14-15-25(23)34-24)22-18-35-27(29-22)19-10-6-4-7-11-19/h4,6-7,10-11,14-16,18,21,24H,3,5,8-9,12-13,17H2,1-2H3. The molecule has 3 aromatic rings. The molecule has 5 rings (SSSR count). The highest BCUT2D eigenvalue weighted by atomic mass is 32.1. The van der Waals surface area contributed by atoms with Gasteiger partial charge in [-0.05, 0) is 37.5 Å². The van der Waals surface area contributed by atoms with Crippen LogP contribution in [-0.2, 0) is 9.59 Å². The maximum Gasteiger partial charge on any atom is 0.268 e. The Bertz CT molecular complexity index is 1200. The number of nitrogens with zero attached hydrogens (tertiary/aromatic N) is 3. The minimum absolute atomic E-state index is 0.0223. The molecular formula is C28H31N3O3S. The first kappa shape index (κ1) is 23.5. The number of hydrogen-bond donors (Lipinski definition) is 0. The van der Waals surface area contributed by atoms with Crippen LogP contribution in [0.5, 0.6) is 5.75 Å². The quantitative estimate of drug-likeness (QED) is 0.441. The summed E-state index contributed by atoms with van der Waals surface area (Å²) < 4.78 is 6.01. The molecule has 2 aromatic carbocycles. The van der Waals surface area contributed by atoms with Crippen LogP contribution >= 0.6 is 11.3 Å². The number of carbonyl (C=O) groups excluding carboxylic acids is 2. The van der Waals surface area contributed by atoms with Crippen molar-refractivity contribution in [3.05, 3.63) is 53.9 Å². The average Bonchev–Trinajstić information content (AvgIpc) is 3.41. The first-order valence-electron chi connectivity index (χ1n) is 12.4. The summed E-state index contributed by atoms with van der Waals surface area (Å²) in [6.07, 6.45) is 5.58. The molecule has 1 unspecified atom stereocenters. The fourth-order valence-corrected chi connectivity index (χ4v) is 5.78. The summed E-state index contributed by atoms with van der Waals surface area (Å²) in [6.45, 7) is 1.95. The zero-order valence-electron chi connectivity index (χ0n) is 20.3. The van der Waals surface area contributed by atoms with Crippen molar-refractivity contribution in [2.75, 3.05) is 18.5 Å². The molecule has 0 spiro atoms. The number of likely N-dealkylation sites (N-methyl/N-ethyl adjacent to an activating group) is 1. The molecule has 1 saturated carbocycles. The number of thiazole rings is 1. The van der Waals surface area contributed by atoms with Crippen LogP contribution in [0.25, 0.3) is 21.8 Å². The van der Waals surface area contributed by atoms with Crippen LogP contribution in [0.3, 0.4) is 0 Å². The monoisotopic (exact) mass is 489 g/mol. The summed E-state index contributed by atoms with van der Waals surface area (Å²) in [5, 5.41) is 2.97. The number of anilines is 1. The van der Waals surface area contributed by atoms with Gasteiger partial charge < -0.3 is 9.64 Å². The third kappa shape index (κ3) is 4.82. The lowest BCUT2D eigenvalue weighted by atomic mass is 9.94. The Balaban J connectivity index is 1.43. The Labute approximate surface area is 210 Å². The first-order valence-corrected chi connectivity index (χ1v) is 13.3. The summed E-state index contributed by atoms with van der Waals surface area (Å²) in [7, 11) is 1.87. The Morgan fingerprint density at radius 1 is 1.11 bits per heavy atom. The SMILES string of the molecule is CCC1Oc2ccc(-c3csc(-c4ccccc4)n3)cc2N(CC(=O)N(C)C2CCCCC2)C1=O. The van der Waals surface area contributed by atoms with Crippen molar-refractivity contribution < 1.29 is 14.3 Å². The van der Waals surface area contributed by atoms with Gasteiger partial charge in [0.25, 0.3) is 5.91 Å². The van der Waals surface area contributed by atoms with E-state index >= 15 is 0 Å². The predicted octanol–water partition coefficient (Wildman–Crippen LogP) is 5.77. The van der Waals surface area contributed by atoms with E-state index in [0.29, 0.717) is 17.9 Å². The van der Waals surface area contributed by atoms with Crippen molar-refractivity contribution in [1.29, 1.82) is 0 Å². The zero-order valence-corrected chi connectivity index (χ0v) is 21.1. The molecule has 1 fully saturated rings.